The third-order valence-electron chi connectivity index (χ3n) is 3.70. The lowest BCUT2D eigenvalue weighted by molar-refractivity contribution is -0.122. The molecule has 0 atom stereocenters. The molecule has 2 heterocycles. The molecule has 1 saturated heterocycles. The van der Waals surface area contributed by atoms with Crippen molar-refractivity contribution in [2.75, 3.05) is 53.0 Å². The number of amides is 1. The summed E-state index contributed by atoms with van der Waals surface area (Å²) in [5, 5.41) is 3.00. The molecule has 1 amide bonds. The van der Waals surface area contributed by atoms with Gasteiger partial charge in [-0.05, 0) is 19.1 Å². The van der Waals surface area contributed by atoms with E-state index >= 15 is 0 Å². The van der Waals surface area contributed by atoms with Crippen molar-refractivity contribution < 1.29 is 9.53 Å². The third-order valence-corrected chi connectivity index (χ3v) is 4.70. The van der Waals surface area contributed by atoms with Crippen LogP contribution in [-0.2, 0) is 16.1 Å². The van der Waals surface area contributed by atoms with Crippen LogP contribution in [0, 0.1) is 6.92 Å². The number of aryl methyl sites for hydroxylation is 1. The number of ether oxygens (including phenoxy) is 1. The van der Waals surface area contributed by atoms with Crippen LogP contribution in [-0.4, -0.2) is 68.7 Å². The highest BCUT2D eigenvalue weighted by atomic mass is 32.1. The highest BCUT2D eigenvalue weighted by Crippen LogP contribution is 2.14. The summed E-state index contributed by atoms with van der Waals surface area (Å²) in [7, 11) is 1.73. The van der Waals surface area contributed by atoms with Crippen LogP contribution in [0.3, 0.4) is 0 Å². The summed E-state index contributed by atoms with van der Waals surface area (Å²) in [5.41, 5.74) is 0. The number of hydrogen-bond donors (Lipinski definition) is 1. The molecule has 1 aliphatic rings. The van der Waals surface area contributed by atoms with Gasteiger partial charge in [-0.3, -0.25) is 14.6 Å². The fourth-order valence-electron chi connectivity index (χ4n) is 2.42. The standard InChI is InChI=1S/C15H25N3O2S/c1-13-3-4-14(21-13)11-16-15(19)12-18-7-5-17(6-8-18)9-10-20-2/h3-4H,5-12H2,1-2H3,(H,16,19). The monoisotopic (exact) mass is 311 g/mol. The Morgan fingerprint density at radius 3 is 2.62 bits per heavy atom. The SMILES string of the molecule is COCCN1CCN(CC(=O)NCc2ccc(C)s2)CC1. The number of nitrogens with one attached hydrogen (secondary N) is 1. The van der Waals surface area contributed by atoms with Crippen LogP contribution in [0.15, 0.2) is 12.1 Å². The molecule has 1 aromatic heterocycles. The molecule has 0 aliphatic carbocycles. The fourth-order valence-corrected chi connectivity index (χ4v) is 3.25. The predicted octanol–water partition coefficient (Wildman–Crippen LogP) is 0.937. The Kier molecular flexibility index (Phi) is 6.63. The number of thiophene rings is 1. The number of nitrogens with zero attached hydrogens (tertiary/aromatic N) is 2. The van der Waals surface area contributed by atoms with E-state index in [0.717, 1.165) is 39.3 Å². The van der Waals surface area contributed by atoms with E-state index in [0.29, 0.717) is 13.1 Å². The summed E-state index contributed by atoms with van der Waals surface area (Å²) >= 11 is 1.74. The van der Waals surface area contributed by atoms with Crippen molar-refractivity contribution >= 4 is 17.2 Å². The molecule has 0 radical (unpaired) electrons. The van der Waals surface area contributed by atoms with Gasteiger partial charge in [0.25, 0.3) is 0 Å². The second-order valence-electron chi connectivity index (χ2n) is 5.40. The Labute approximate surface area is 130 Å². The molecule has 2 rings (SSSR count). The first-order valence-electron chi connectivity index (χ1n) is 7.43. The van der Waals surface area contributed by atoms with Gasteiger partial charge >= 0.3 is 0 Å². The second-order valence-corrected chi connectivity index (χ2v) is 6.77. The van der Waals surface area contributed by atoms with Crippen molar-refractivity contribution in [2.24, 2.45) is 0 Å². The van der Waals surface area contributed by atoms with Gasteiger partial charge in [-0.25, -0.2) is 0 Å². The summed E-state index contributed by atoms with van der Waals surface area (Å²) < 4.78 is 5.09. The van der Waals surface area contributed by atoms with Crippen LogP contribution in [0.1, 0.15) is 9.75 Å². The van der Waals surface area contributed by atoms with Crippen molar-refractivity contribution in [3.8, 4) is 0 Å². The molecule has 118 valence electrons. The average molecular weight is 311 g/mol. The molecule has 1 N–H and O–H groups in total. The molecule has 0 unspecified atom stereocenters. The summed E-state index contributed by atoms with van der Waals surface area (Å²) in [4.78, 5) is 19.1. The van der Waals surface area contributed by atoms with Gasteiger partial charge in [-0.1, -0.05) is 0 Å². The lowest BCUT2D eigenvalue weighted by atomic mass is 10.3. The van der Waals surface area contributed by atoms with Crippen molar-refractivity contribution in [3.63, 3.8) is 0 Å². The number of methoxy groups -OCH3 is 1. The molecule has 0 spiro atoms. The van der Waals surface area contributed by atoms with Crippen LogP contribution >= 0.6 is 11.3 Å². The smallest absolute Gasteiger partial charge is 0.234 e. The van der Waals surface area contributed by atoms with Crippen LogP contribution in [0.4, 0.5) is 0 Å². The van der Waals surface area contributed by atoms with Gasteiger partial charge in [-0.2, -0.15) is 0 Å². The summed E-state index contributed by atoms with van der Waals surface area (Å²) in [6.45, 7) is 8.92. The maximum atomic E-state index is 12.0. The molecule has 5 nitrogen and oxygen atoms in total. The van der Waals surface area contributed by atoms with Crippen molar-refractivity contribution in [2.45, 2.75) is 13.5 Å². The zero-order chi connectivity index (χ0) is 15.1. The number of rotatable bonds is 7. The number of carbonyl (C=O) groups is 1. The minimum absolute atomic E-state index is 0.117. The second kappa shape index (κ2) is 8.48. The van der Waals surface area contributed by atoms with Crippen LogP contribution in [0.5, 0.6) is 0 Å². The topological polar surface area (TPSA) is 44.8 Å². The van der Waals surface area contributed by atoms with E-state index < -0.39 is 0 Å². The normalized spacial score (nSPS) is 17.0. The van der Waals surface area contributed by atoms with E-state index in [2.05, 4.69) is 34.2 Å². The minimum Gasteiger partial charge on any atom is -0.383 e. The van der Waals surface area contributed by atoms with Crippen LogP contribution in [0.2, 0.25) is 0 Å². The molecule has 21 heavy (non-hydrogen) atoms. The first kappa shape index (κ1) is 16.4. The zero-order valence-corrected chi connectivity index (χ0v) is 13.7. The Hall–Kier alpha value is -0.950. The molecule has 1 aromatic rings. The summed E-state index contributed by atoms with van der Waals surface area (Å²) in [6.07, 6.45) is 0. The van der Waals surface area contributed by atoms with Crippen molar-refractivity contribution in [1.29, 1.82) is 0 Å². The van der Waals surface area contributed by atoms with Crippen LogP contribution < -0.4 is 5.32 Å². The Morgan fingerprint density at radius 2 is 2.00 bits per heavy atom. The van der Waals surface area contributed by atoms with Gasteiger partial charge in [0.1, 0.15) is 0 Å². The van der Waals surface area contributed by atoms with Gasteiger partial charge in [0.05, 0.1) is 19.7 Å². The molecule has 6 heteroatoms. The lowest BCUT2D eigenvalue weighted by Crippen LogP contribution is -2.49. The predicted molar refractivity (Wildman–Crippen MR) is 85.7 cm³/mol. The van der Waals surface area contributed by atoms with E-state index in [4.69, 9.17) is 4.74 Å². The molecule has 0 saturated carbocycles. The average Bonchev–Trinajstić information content (AvgIpc) is 2.90. The molecule has 0 bridgehead atoms. The summed E-state index contributed by atoms with van der Waals surface area (Å²) in [6, 6.07) is 4.17. The number of carbonyl (C=O) groups excluding carboxylic acids is 1. The largest absolute Gasteiger partial charge is 0.383 e. The van der Waals surface area contributed by atoms with Crippen molar-refractivity contribution in [1.82, 2.24) is 15.1 Å². The summed E-state index contributed by atoms with van der Waals surface area (Å²) in [5.74, 6) is 0.117. The van der Waals surface area contributed by atoms with Gasteiger partial charge in [-0.15, -0.1) is 11.3 Å². The number of piperazine rings is 1. The highest BCUT2D eigenvalue weighted by Gasteiger charge is 2.18. The first-order valence-corrected chi connectivity index (χ1v) is 8.24. The molecular weight excluding hydrogens is 286 g/mol. The highest BCUT2D eigenvalue weighted by molar-refractivity contribution is 7.11. The molecule has 1 aliphatic heterocycles. The Bertz CT molecular complexity index is 442. The first-order chi connectivity index (χ1) is 10.2. The van der Waals surface area contributed by atoms with Gasteiger partial charge in [0, 0.05) is 49.6 Å². The van der Waals surface area contributed by atoms with E-state index in [1.165, 1.54) is 9.75 Å². The minimum atomic E-state index is 0.117. The Balaban J connectivity index is 1.62. The van der Waals surface area contributed by atoms with E-state index in [1.807, 2.05) is 0 Å². The van der Waals surface area contributed by atoms with Gasteiger partial charge < -0.3 is 10.1 Å². The van der Waals surface area contributed by atoms with Gasteiger partial charge in [0.2, 0.25) is 5.91 Å². The van der Waals surface area contributed by atoms with Gasteiger partial charge in [0.15, 0.2) is 0 Å². The maximum Gasteiger partial charge on any atom is 0.234 e. The number of hydrogen-bond acceptors (Lipinski definition) is 5. The molecular formula is C15H25N3O2S. The Morgan fingerprint density at radius 1 is 1.29 bits per heavy atom. The third kappa shape index (κ3) is 5.74. The lowest BCUT2D eigenvalue weighted by Gasteiger charge is -2.34. The van der Waals surface area contributed by atoms with Crippen molar-refractivity contribution in [3.05, 3.63) is 21.9 Å². The quantitative estimate of drug-likeness (QED) is 0.814. The van der Waals surface area contributed by atoms with E-state index in [1.54, 1.807) is 18.4 Å². The van der Waals surface area contributed by atoms with E-state index in [9.17, 15) is 4.79 Å². The zero-order valence-electron chi connectivity index (χ0n) is 12.9. The van der Waals surface area contributed by atoms with E-state index in [-0.39, 0.29) is 5.91 Å². The fraction of sp³-hybridized carbons (Fsp3) is 0.667. The molecule has 0 aromatic carbocycles. The van der Waals surface area contributed by atoms with Crippen LogP contribution in [0.25, 0.3) is 0 Å². The molecule has 1 fully saturated rings. The maximum absolute atomic E-state index is 12.0.